The molecule has 0 aliphatic rings. The largest absolute Gasteiger partial charge is 0.460 e. The highest BCUT2D eigenvalue weighted by molar-refractivity contribution is 6.08. The van der Waals surface area contributed by atoms with Gasteiger partial charge in [0.1, 0.15) is 18.1 Å². The van der Waals surface area contributed by atoms with Crippen molar-refractivity contribution in [3.05, 3.63) is 69.1 Å². The Bertz CT molecular complexity index is 1010. The van der Waals surface area contributed by atoms with Gasteiger partial charge in [0.05, 0.1) is 28.6 Å². The lowest BCUT2D eigenvalue weighted by atomic mass is 10.1. The fourth-order valence-corrected chi connectivity index (χ4v) is 2.64. The van der Waals surface area contributed by atoms with E-state index in [2.05, 4.69) is 10.2 Å². The highest BCUT2D eigenvalue weighted by Crippen LogP contribution is 2.16. The van der Waals surface area contributed by atoms with E-state index in [9.17, 15) is 14.9 Å². The van der Waals surface area contributed by atoms with Crippen molar-refractivity contribution in [2.75, 3.05) is 0 Å². The lowest BCUT2D eigenvalue weighted by Gasteiger charge is -1.96. The second-order valence-corrected chi connectivity index (χ2v) is 5.80. The maximum atomic E-state index is 12.4. The first-order valence-corrected chi connectivity index (χ1v) is 7.84. The normalized spacial score (nSPS) is 11.3. The van der Waals surface area contributed by atoms with Gasteiger partial charge in [-0.05, 0) is 43.1 Å². The van der Waals surface area contributed by atoms with Gasteiger partial charge in [-0.25, -0.2) is 0 Å². The summed E-state index contributed by atoms with van der Waals surface area (Å²) < 4.78 is 8.70. The molecule has 0 radical (unpaired) electrons. The number of nitro groups is 1. The fourth-order valence-electron chi connectivity index (χ4n) is 2.64. The summed E-state index contributed by atoms with van der Waals surface area (Å²) in [6.07, 6.45) is 4.54. The van der Waals surface area contributed by atoms with Crippen LogP contribution in [0.5, 0.6) is 0 Å². The van der Waals surface area contributed by atoms with Gasteiger partial charge in [-0.1, -0.05) is 0 Å². The number of rotatable bonds is 6. The third kappa shape index (κ3) is 3.46. The highest BCUT2D eigenvalue weighted by Gasteiger charge is 2.15. The molecule has 0 atom stereocenters. The van der Waals surface area contributed by atoms with Crippen LogP contribution in [0.4, 0.5) is 5.82 Å². The molecule has 3 aromatic heterocycles. The summed E-state index contributed by atoms with van der Waals surface area (Å²) in [6, 6.07) is 4.78. The maximum Gasteiger partial charge on any atom is 0.389 e. The van der Waals surface area contributed by atoms with Crippen molar-refractivity contribution in [2.45, 2.75) is 20.4 Å². The van der Waals surface area contributed by atoms with Crippen molar-refractivity contribution in [1.82, 2.24) is 19.6 Å². The molecule has 134 valence electrons. The van der Waals surface area contributed by atoms with E-state index in [0.717, 1.165) is 5.69 Å². The number of nitrogens with zero attached hydrogens (tertiary/aromatic N) is 5. The summed E-state index contributed by atoms with van der Waals surface area (Å²) in [5.41, 5.74) is 2.07. The van der Waals surface area contributed by atoms with E-state index >= 15 is 0 Å². The molecule has 9 heteroatoms. The van der Waals surface area contributed by atoms with Gasteiger partial charge in [0, 0.05) is 12.7 Å². The predicted molar refractivity (Wildman–Crippen MR) is 92.7 cm³/mol. The number of hydrogen-bond acceptors (Lipinski definition) is 6. The van der Waals surface area contributed by atoms with E-state index in [4.69, 9.17) is 4.42 Å². The molecule has 0 saturated heterocycles. The van der Waals surface area contributed by atoms with Gasteiger partial charge in [-0.15, -0.1) is 0 Å². The number of aryl methyl sites for hydroxylation is 2. The minimum atomic E-state index is -0.555. The lowest BCUT2D eigenvalue weighted by molar-refractivity contribution is -0.389. The van der Waals surface area contributed by atoms with Crippen LogP contribution in [0.3, 0.4) is 0 Å². The highest BCUT2D eigenvalue weighted by atomic mass is 16.6. The van der Waals surface area contributed by atoms with Crippen LogP contribution in [0.1, 0.15) is 33.3 Å². The van der Waals surface area contributed by atoms with Gasteiger partial charge < -0.3 is 14.5 Å². The fraction of sp³-hybridized carbons (Fsp3) is 0.235. The molecule has 0 N–H and O–H groups in total. The smallest absolute Gasteiger partial charge is 0.389 e. The third-order valence-electron chi connectivity index (χ3n) is 3.97. The maximum absolute atomic E-state index is 12.4. The van der Waals surface area contributed by atoms with Gasteiger partial charge in [0.25, 0.3) is 0 Å². The molecular formula is C17H17N5O4. The summed E-state index contributed by atoms with van der Waals surface area (Å²) in [7, 11) is 1.79. The monoisotopic (exact) mass is 355 g/mol. The van der Waals surface area contributed by atoms with Crippen LogP contribution in [-0.4, -0.2) is 30.3 Å². The number of furan rings is 1. The Labute approximate surface area is 148 Å². The molecule has 3 aromatic rings. The Morgan fingerprint density at radius 1 is 1.31 bits per heavy atom. The van der Waals surface area contributed by atoms with E-state index in [1.807, 2.05) is 6.92 Å². The number of carbonyl (C=O) groups excluding carboxylic acids is 1. The number of aromatic nitrogens is 4. The molecule has 0 unspecified atom stereocenters. The molecule has 0 saturated carbocycles. The first-order valence-electron chi connectivity index (χ1n) is 7.84. The summed E-state index contributed by atoms with van der Waals surface area (Å²) in [6.45, 7) is 3.90. The van der Waals surface area contributed by atoms with Crippen LogP contribution in [0.25, 0.3) is 6.08 Å². The number of hydrogen-bond donors (Lipinski definition) is 0. The minimum Gasteiger partial charge on any atom is -0.460 e. The summed E-state index contributed by atoms with van der Waals surface area (Å²) >= 11 is 0. The van der Waals surface area contributed by atoms with Gasteiger partial charge in [-0.3, -0.25) is 9.48 Å². The quantitative estimate of drug-likeness (QED) is 0.291. The third-order valence-corrected chi connectivity index (χ3v) is 3.97. The predicted octanol–water partition coefficient (Wildman–Crippen LogP) is 2.68. The average Bonchev–Trinajstić information content (AvgIpc) is 3.27. The van der Waals surface area contributed by atoms with Crippen molar-refractivity contribution in [3.63, 3.8) is 0 Å². The summed E-state index contributed by atoms with van der Waals surface area (Å²) in [5.74, 6) is 0.719. The Morgan fingerprint density at radius 2 is 2.08 bits per heavy atom. The van der Waals surface area contributed by atoms with Crippen LogP contribution < -0.4 is 0 Å². The van der Waals surface area contributed by atoms with E-state index in [-0.39, 0.29) is 18.1 Å². The molecule has 3 rings (SSSR count). The standard InChI is InChI=1S/C17H17N5O4/c1-11-17(12(2)20(3)18-11)15(23)7-6-13-4-5-14(26-13)10-21-9-8-16(19-21)22(24)25/h4-9H,10H2,1-3H3/b7-6+. The lowest BCUT2D eigenvalue weighted by Crippen LogP contribution is -2.00. The van der Waals surface area contributed by atoms with Crippen LogP contribution in [0, 0.1) is 24.0 Å². The molecule has 0 bridgehead atoms. The topological polar surface area (TPSA) is 109 Å². The SMILES string of the molecule is Cc1nn(C)c(C)c1C(=O)/C=C/c1ccc(Cn2ccc([N+](=O)[O-])n2)o1. The second-order valence-electron chi connectivity index (χ2n) is 5.80. The Kier molecular flexibility index (Phi) is 4.53. The molecule has 0 fully saturated rings. The van der Waals surface area contributed by atoms with E-state index in [1.54, 1.807) is 36.9 Å². The van der Waals surface area contributed by atoms with Gasteiger partial charge in [0.2, 0.25) is 0 Å². The Balaban J connectivity index is 1.70. The van der Waals surface area contributed by atoms with Crippen molar-refractivity contribution < 1.29 is 14.1 Å². The first kappa shape index (κ1) is 17.3. The molecule has 26 heavy (non-hydrogen) atoms. The molecule has 0 aliphatic carbocycles. The zero-order chi connectivity index (χ0) is 18.8. The van der Waals surface area contributed by atoms with Crippen molar-refractivity contribution in [1.29, 1.82) is 0 Å². The number of allylic oxidation sites excluding steroid dienone is 1. The summed E-state index contributed by atoms with van der Waals surface area (Å²) in [5, 5.41) is 18.7. The van der Waals surface area contributed by atoms with E-state index in [1.165, 1.54) is 23.0 Å². The molecule has 0 spiro atoms. The Hall–Kier alpha value is -3.49. The van der Waals surface area contributed by atoms with Gasteiger partial charge >= 0.3 is 5.82 Å². The van der Waals surface area contributed by atoms with Crippen LogP contribution in [0.15, 0.2) is 34.9 Å². The molecular weight excluding hydrogens is 338 g/mol. The van der Waals surface area contributed by atoms with Gasteiger partial charge in [-0.2, -0.15) is 9.78 Å². The second kappa shape index (κ2) is 6.79. The van der Waals surface area contributed by atoms with Crippen LogP contribution >= 0.6 is 0 Å². The van der Waals surface area contributed by atoms with Crippen molar-refractivity contribution in [2.24, 2.45) is 7.05 Å². The van der Waals surface area contributed by atoms with Crippen molar-refractivity contribution >= 4 is 17.7 Å². The number of ketones is 1. The minimum absolute atomic E-state index is 0.145. The molecule has 9 nitrogen and oxygen atoms in total. The van der Waals surface area contributed by atoms with Crippen molar-refractivity contribution in [3.8, 4) is 0 Å². The molecule has 0 aromatic carbocycles. The Morgan fingerprint density at radius 3 is 2.69 bits per heavy atom. The molecule has 3 heterocycles. The van der Waals surface area contributed by atoms with Crippen LogP contribution in [-0.2, 0) is 13.6 Å². The average molecular weight is 355 g/mol. The zero-order valence-electron chi connectivity index (χ0n) is 14.5. The van der Waals surface area contributed by atoms with Gasteiger partial charge in [0.15, 0.2) is 5.78 Å². The van der Waals surface area contributed by atoms with E-state index < -0.39 is 4.92 Å². The van der Waals surface area contributed by atoms with E-state index in [0.29, 0.717) is 22.8 Å². The number of carbonyl (C=O) groups is 1. The zero-order valence-corrected chi connectivity index (χ0v) is 14.5. The molecule has 0 amide bonds. The van der Waals surface area contributed by atoms with Crippen LogP contribution in [0.2, 0.25) is 0 Å². The summed E-state index contributed by atoms with van der Waals surface area (Å²) in [4.78, 5) is 22.5. The first-order chi connectivity index (χ1) is 12.3. The molecule has 0 aliphatic heterocycles.